The summed E-state index contributed by atoms with van der Waals surface area (Å²) in [5.41, 5.74) is 6.09. The van der Waals surface area contributed by atoms with Crippen LogP contribution in [0.15, 0.2) is 36.4 Å². The molecule has 0 radical (unpaired) electrons. The van der Waals surface area contributed by atoms with E-state index in [9.17, 15) is 9.59 Å². The van der Waals surface area contributed by atoms with Crippen LogP contribution in [0.5, 0.6) is 0 Å². The Morgan fingerprint density at radius 1 is 1.25 bits per heavy atom. The molecule has 1 rings (SSSR count). The zero-order chi connectivity index (χ0) is 11.8. The average molecular weight is 218 g/mol. The first-order chi connectivity index (χ1) is 7.72. The van der Waals surface area contributed by atoms with Crippen molar-refractivity contribution in [2.75, 3.05) is 6.54 Å². The van der Waals surface area contributed by atoms with Gasteiger partial charge in [-0.05, 0) is 11.6 Å². The highest BCUT2D eigenvalue weighted by Gasteiger charge is 2.02. The Kier molecular flexibility index (Phi) is 4.95. The van der Waals surface area contributed by atoms with Crippen LogP contribution in [0.1, 0.15) is 12.0 Å². The van der Waals surface area contributed by atoms with Gasteiger partial charge < -0.3 is 5.73 Å². The Morgan fingerprint density at radius 2 is 1.94 bits per heavy atom. The predicted molar refractivity (Wildman–Crippen MR) is 62.3 cm³/mol. The van der Waals surface area contributed by atoms with Crippen molar-refractivity contribution in [1.29, 1.82) is 0 Å². The largest absolute Gasteiger partial charge is 0.330 e. The fraction of sp³-hybridized carbons (Fsp3) is 0.167. The van der Waals surface area contributed by atoms with E-state index in [2.05, 4.69) is 5.32 Å². The van der Waals surface area contributed by atoms with Crippen LogP contribution in [0, 0.1) is 0 Å². The highest BCUT2D eigenvalue weighted by Crippen LogP contribution is 2.00. The van der Waals surface area contributed by atoms with Crippen LogP contribution in [-0.4, -0.2) is 18.4 Å². The monoisotopic (exact) mass is 218 g/mol. The molecule has 0 unspecified atom stereocenters. The summed E-state index contributed by atoms with van der Waals surface area (Å²) >= 11 is 0. The topological polar surface area (TPSA) is 72.2 Å². The van der Waals surface area contributed by atoms with Gasteiger partial charge in [0.15, 0.2) is 0 Å². The summed E-state index contributed by atoms with van der Waals surface area (Å²) in [5.74, 6) is -0.785. The standard InChI is InChI=1S/C12H14N2O2/c13-9-8-12(16)14-11(15)7-6-10-4-2-1-3-5-10/h1-7H,8-9,13H2,(H,14,15,16)/b7-6+. The molecule has 0 heterocycles. The number of hydrogen-bond donors (Lipinski definition) is 2. The van der Waals surface area contributed by atoms with E-state index >= 15 is 0 Å². The van der Waals surface area contributed by atoms with Gasteiger partial charge >= 0.3 is 0 Å². The van der Waals surface area contributed by atoms with Crippen LogP contribution in [0.2, 0.25) is 0 Å². The number of rotatable bonds is 4. The van der Waals surface area contributed by atoms with E-state index in [-0.39, 0.29) is 18.9 Å². The van der Waals surface area contributed by atoms with Gasteiger partial charge in [-0.25, -0.2) is 0 Å². The Morgan fingerprint density at radius 3 is 2.56 bits per heavy atom. The predicted octanol–water partition coefficient (Wildman–Crippen LogP) is 0.691. The number of hydrogen-bond acceptors (Lipinski definition) is 3. The molecule has 3 N–H and O–H groups in total. The average Bonchev–Trinajstić information content (AvgIpc) is 2.28. The molecule has 0 spiro atoms. The molecule has 0 aliphatic heterocycles. The van der Waals surface area contributed by atoms with Crippen molar-refractivity contribution in [3.63, 3.8) is 0 Å². The third-order valence-electron chi connectivity index (χ3n) is 1.86. The lowest BCUT2D eigenvalue weighted by molar-refractivity contribution is -0.127. The lowest BCUT2D eigenvalue weighted by Crippen LogP contribution is -2.30. The number of carbonyl (C=O) groups excluding carboxylic acids is 2. The molecule has 84 valence electrons. The zero-order valence-electron chi connectivity index (χ0n) is 8.85. The third kappa shape index (κ3) is 4.52. The minimum atomic E-state index is -0.428. The SMILES string of the molecule is NCCC(=O)NC(=O)/C=C/c1ccccc1. The van der Waals surface area contributed by atoms with Crippen molar-refractivity contribution >= 4 is 17.9 Å². The lowest BCUT2D eigenvalue weighted by Gasteiger charge is -1.98. The maximum atomic E-state index is 11.2. The van der Waals surface area contributed by atoms with E-state index in [4.69, 9.17) is 5.73 Å². The molecule has 0 bridgehead atoms. The summed E-state index contributed by atoms with van der Waals surface area (Å²) in [6.45, 7) is 0.238. The smallest absolute Gasteiger partial charge is 0.250 e. The number of nitrogens with two attached hydrogens (primary N) is 1. The molecule has 2 amide bonds. The van der Waals surface area contributed by atoms with Gasteiger partial charge in [-0.2, -0.15) is 0 Å². The van der Waals surface area contributed by atoms with Gasteiger partial charge in [-0.3, -0.25) is 14.9 Å². The molecule has 0 aliphatic carbocycles. The highest BCUT2D eigenvalue weighted by molar-refractivity contribution is 6.02. The maximum Gasteiger partial charge on any atom is 0.250 e. The van der Waals surface area contributed by atoms with Gasteiger partial charge in [0.05, 0.1) is 0 Å². The summed E-state index contributed by atoms with van der Waals surface area (Å²) in [6, 6.07) is 9.37. The van der Waals surface area contributed by atoms with Crippen LogP contribution in [0.25, 0.3) is 6.08 Å². The van der Waals surface area contributed by atoms with Crippen LogP contribution < -0.4 is 11.1 Å². The van der Waals surface area contributed by atoms with Crippen molar-refractivity contribution in [3.05, 3.63) is 42.0 Å². The van der Waals surface area contributed by atoms with Crippen molar-refractivity contribution in [1.82, 2.24) is 5.32 Å². The molecule has 16 heavy (non-hydrogen) atoms. The Bertz CT molecular complexity index is 385. The van der Waals surface area contributed by atoms with Crippen molar-refractivity contribution < 1.29 is 9.59 Å². The zero-order valence-corrected chi connectivity index (χ0v) is 8.85. The lowest BCUT2D eigenvalue weighted by atomic mass is 10.2. The minimum absolute atomic E-state index is 0.158. The molecule has 0 fully saturated rings. The van der Waals surface area contributed by atoms with Gasteiger partial charge in [0.25, 0.3) is 5.91 Å². The second-order valence-corrected chi connectivity index (χ2v) is 3.20. The molecule has 0 saturated heterocycles. The Labute approximate surface area is 94.1 Å². The summed E-state index contributed by atoms with van der Waals surface area (Å²) in [6.07, 6.45) is 3.12. The summed E-state index contributed by atoms with van der Waals surface area (Å²) in [5, 5.41) is 2.21. The first-order valence-corrected chi connectivity index (χ1v) is 4.99. The molecule has 0 aliphatic rings. The first-order valence-electron chi connectivity index (χ1n) is 4.99. The van der Waals surface area contributed by atoms with E-state index in [1.165, 1.54) is 6.08 Å². The fourth-order valence-corrected chi connectivity index (χ4v) is 1.11. The van der Waals surface area contributed by atoms with Crippen LogP contribution >= 0.6 is 0 Å². The van der Waals surface area contributed by atoms with Gasteiger partial charge in [-0.1, -0.05) is 30.3 Å². The molecule has 0 saturated carbocycles. The van der Waals surface area contributed by atoms with Crippen LogP contribution in [-0.2, 0) is 9.59 Å². The van der Waals surface area contributed by atoms with E-state index in [1.54, 1.807) is 6.08 Å². The molecule has 1 aromatic carbocycles. The van der Waals surface area contributed by atoms with Gasteiger partial charge in [0, 0.05) is 19.0 Å². The van der Waals surface area contributed by atoms with Crippen molar-refractivity contribution in [3.8, 4) is 0 Å². The first kappa shape index (κ1) is 12.1. The Balaban J connectivity index is 2.46. The number of nitrogens with one attached hydrogen (secondary N) is 1. The maximum absolute atomic E-state index is 11.2. The summed E-state index contributed by atoms with van der Waals surface area (Å²) in [7, 11) is 0. The summed E-state index contributed by atoms with van der Waals surface area (Å²) in [4.78, 5) is 22.3. The molecular weight excluding hydrogens is 204 g/mol. The molecule has 1 aromatic rings. The third-order valence-corrected chi connectivity index (χ3v) is 1.86. The summed E-state index contributed by atoms with van der Waals surface area (Å²) < 4.78 is 0. The number of amides is 2. The van der Waals surface area contributed by atoms with Crippen LogP contribution in [0.4, 0.5) is 0 Å². The van der Waals surface area contributed by atoms with Gasteiger partial charge in [0.1, 0.15) is 0 Å². The second-order valence-electron chi connectivity index (χ2n) is 3.20. The number of imide groups is 1. The quantitative estimate of drug-likeness (QED) is 0.730. The molecule has 4 nitrogen and oxygen atoms in total. The van der Waals surface area contributed by atoms with Gasteiger partial charge in [0.2, 0.25) is 5.91 Å². The number of carbonyl (C=O) groups is 2. The van der Waals surface area contributed by atoms with Crippen molar-refractivity contribution in [2.24, 2.45) is 5.73 Å². The molecule has 0 aromatic heterocycles. The number of benzene rings is 1. The fourth-order valence-electron chi connectivity index (χ4n) is 1.11. The van der Waals surface area contributed by atoms with Crippen molar-refractivity contribution in [2.45, 2.75) is 6.42 Å². The van der Waals surface area contributed by atoms with Crippen LogP contribution in [0.3, 0.4) is 0 Å². The van der Waals surface area contributed by atoms with E-state index in [1.807, 2.05) is 30.3 Å². The molecule has 4 heteroatoms. The second kappa shape index (κ2) is 6.53. The van der Waals surface area contributed by atoms with Gasteiger partial charge in [-0.15, -0.1) is 0 Å². The normalized spacial score (nSPS) is 10.3. The molecule has 0 atom stereocenters. The van der Waals surface area contributed by atoms with E-state index < -0.39 is 5.91 Å². The molecular formula is C12H14N2O2. The van der Waals surface area contributed by atoms with E-state index in [0.717, 1.165) is 5.56 Å². The highest BCUT2D eigenvalue weighted by atomic mass is 16.2. The van der Waals surface area contributed by atoms with E-state index in [0.29, 0.717) is 0 Å². The Hall–Kier alpha value is -1.94. The minimum Gasteiger partial charge on any atom is -0.330 e.